The lowest BCUT2D eigenvalue weighted by molar-refractivity contribution is 0.424. The van der Waals surface area contributed by atoms with E-state index in [1.54, 1.807) is 0 Å². The average molecular weight is 291 g/mol. The van der Waals surface area contributed by atoms with Gasteiger partial charge in [-0.05, 0) is 25.7 Å². The van der Waals surface area contributed by atoms with Gasteiger partial charge in [-0.25, -0.2) is 5.84 Å². The summed E-state index contributed by atoms with van der Waals surface area (Å²) < 4.78 is 0. The Labute approximate surface area is 125 Å². The zero-order valence-corrected chi connectivity index (χ0v) is 12.8. The van der Waals surface area contributed by atoms with E-state index in [0.29, 0.717) is 12.0 Å². The minimum absolute atomic E-state index is 0.449. The smallest absolute Gasteiger partial charge is 0.243 e. The third kappa shape index (κ3) is 3.18. The van der Waals surface area contributed by atoms with Gasteiger partial charge in [0.05, 0.1) is 0 Å². The first-order valence-corrected chi connectivity index (χ1v) is 7.98. The van der Waals surface area contributed by atoms with Crippen LogP contribution in [-0.2, 0) is 0 Å². The molecule has 0 amide bonds. The normalized spacial score (nSPS) is 19.8. The van der Waals surface area contributed by atoms with Crippen LogP contribution in [0, 0.1) is 0 Å². The third-order valence-corrected chi connectivity index (χ3v) is 4.57. The summed E-state index contributed by atoms with van der Waals surface area (Å²) in [7, 11) is 2.08. The van der Waals surface area contributed by atoms with Crippen molar-refractivity contribution < 1.29 is 0 Å². The number of nitrogens with two attached hydrogens (primary N) is 1. The fraction of sp³-hybridized carbons (Fsp3) is 0.786. The number of hydrogen-bond acceptors (Lipinski definition) is 7. The van der Waals surface area contributed by atoms with Crippen LogP contribution in [0.1, 0.15) is 44.9 Å². The molecule has 116 valence electrons. The van der Waals surface area contributed by atoms with E-state index in [1.165, 1.54) is 44.9 Å². The minimum atomic E-state index is 0.449. The predicted octanol–water partition coefficient (Wildman–Crippen LogP) is 1.53. The Morgan fingerprint density at radius 3 is 2.43 bits per heavy atom. The van der Waals surface area contributed by atoms with Gasteiger partial charge in [0.2, 0.25) is 17.8 Å². The van der Waals surface area contributed by atoms with Gasteiger partial charge in [-0.2, -0.15) is 15.0 Å². The molecule has 1 aromatic rings. The van der Waals surface area contributed by atoms with E-state index >= 15 is 0 Å². The number of rotatable bonds is 4. The van der Waals surface area contributed by atoms with Crippen molar-refractivity contribution in [2.24, 2.45) is 5.84 Å². The first-order chi connectivity index (χ1) is 10.3. The largest absolute Gasteiger partial charge is 0.341 e. The fourth-order valence-corrected chi connectivity index (χ4v) is 3.27. The Hall–Kier alpha value is -1.63. The van der Waals surface area contributed by atoms with Gasteiger partial charge in [0.15, 0.2) is 0 Å². The molecule has 0 unspecified atom stereocenters. The van der Waals surface area contributed by atoms with Crippen molar-refractivity contribution in [3.63, 3.8) is 0 Å². The highest BCUT2D eigenvalue weighted by atomic mass is 15.4. The number of nitrogens with zero attached hydrogens (tertiary/aromatic N) is 5. The maximum absolute atomic E-state index is 5.53. The van der Waals surface area contributed by atoms with E-state index in [2.05, 4.69) is 37.2 Å². The summed E-state index contributed by atoms with van der Waals surface area (Å²) >= 11 is 0. The van der Waals surface area contributed by atoms with Crippen molar-refractivity contribution in [3.05, 3.63) is 0 Å². The van der Waals surface area contributed by atoms with Crippen molar-refractivity contribution >= 4 is 17.8 Å². The molecule has 0 radical (unpaired) electrons. The van der Waals surface area contributed by atoms with E-state index in [4.69, 9.17) is 5.84 Å². The SMILES string of the molecule is CN(c1nc(NN)nc(N2CCCC2)n1)C1CCCCC1. The summed E-state index contributed by atoms with van der Waals surface area (Å²) in [5, 5.41) is 0. The number of hydrazine groups is 1. The second-order valence-electron chi connectivity index (χ2n) is 6.00. The second kappa shape index (κ2) is 6.43. The third-order valence-electron chi connectivity index (χ3n) is 4.57. The van der Waals surface area contributed by atoms with Gasteiger partial charge in [0, 0.05) is 26.2 Å². The molecule has 21 heavy (non-hydrogen) atoms. The molecule has 0 spiro atoms. The summed E-state index contributed by atoms with van der Waals surface area (Å²) in [5.74, 6) is 7.45. The van der Waals surface area contributed by atoms with Crippen molar-refractivity contribution in [1.29, 1.82) is 0 Å². The fourth-order valence-electron chi connectivity index (χ4n) is 3.27. The monoisotopic (exact) mass is 291 g/mol. The highest BCUT2D eigenvalue weighted by molar-refractivity contribution is 5.45. The molecule has 2 aliphatic rings. The molecule has 0 atom stereocenters. The van der Waals surface area contributed by atoms with Crippen LogP contribution >= 0.6 is 0 Å². The molecule has 1 aliphatic heterocycles. The molecule has 1 aliphatic carbocycles. The summed E-state index contributed by atoms with van der Waals surface area (Å²) in [6.07, 6.45) is 8.76. The summed E-state index contributed by atoms with van der Waals surface area (Å²) in [5.41, 5.74) is 2.57. The van der Waals surface area contributed by atoms with E-state index in [0.717, 1.165) is 25.0 Å². The lowest BCUT2D eigenvalue weighted by atomic mass is 9.95. The Morgan fingerprint density at radius 1 is 1.05 bits per heavy atom. The maximum Gasteiger partial charge on any atom is 0.243 e. The predicted molar refractivity (Wildman–Crippen MR) is 84.4 cm³/mol. The zero-order chi connectivity index (χ0) is 14.7. The molecule has 1 aromatic heterocycles. The van der Waals surface area contributed by atoms with E-state index in [9.17, 15) is 0 Å². The topological polar surface area (TPSA) is 83.2 Å². The van der Waals surface area contributed by atoms with Crippen LogP contribution in [0.4, 0.5) is 17.8 Å². The molecule has 7 heteroatoms. The van der Waals surface area contributed by atoms with E-state index in [-0.39, 0.29) is 0 Å². The van der Waals surface area contributed by atoms with Crippen LogP contribution < -0.4 is 21.1 Å². The molecule has 3 rings (SSSR count). The van der Waals surface area contributed by atoms with E-state index in [1.807, 2.05) is 0 Å². The summed E-state index contributed by atoms with van der Waals surface area (Å²) in [4.78, 5) is 17.9. The molecule has 0 bridgehead atoms. The van der Waals surface area contributed by atoms with Gasteiger partial charge >= 0.3 is 0 Å². The van der Waals surface area contributed by atoms with Crippen LogP contribution in [0.15, 0.2) is 0 Å². The standard InChI is InChI=1S/C14H25N7/c1-20(11-7-3-2-4-8-11)13-16-12(19-15)17-14(18-13)21-9-5-6-10-21/h11H,2-10,15H2,1H3,(H,16,17,18,19). The Morgan fingerprint density at radius 2 is 1.76 bits per heavy atom. The zero-order valence-electron chi connectivity index (χ0n) is 12.8. The van der Waals surface area contributed by atoms with Gasteiger partial charge < -0.3 is 9.80 Å². The van der Waals surface area contributed by atoms with Crippen LogP contribution in [0.5, 0.6) is 0 Å². The van der Waals surface area contributed by atoms with Gasteiger partial charge in [0.1, 0.15) is 0 Å². The first-order valence-electron chi connectivity index (χ1n) is 7.98. The van der Waals surface area contributed by atoms with Gasteiger partial charge in [-0.1, -0.05) is 19.3 Å². The van der Waals surface area contributed by atoms with Crippen LogP contribution in [0.2, 0.25) is 0 Å². The highest BCUT2D eigenvalue weighted by Crippen LogP contribution is 2.26. The maximum atomic E-state index is 5.53. The molecule has 2 heterocycles. The lowest BCUT2D eigenvalue weighted by Gasteiger charge is -2.31. The van der Waals surface area contributed by atoms with Crippen LogP contribution in [-0.4, -0.2) is 41.1 Å². The Kier molecular flexibility index (Phi) is 4.38. The average Bonchev–Trinajstić information content (AvgIpc) is 3.09. The minimum Gasteiger partial charge on any atom is -0.341 e. The Balaban J connectivity index is 1.83. The number of nitrogens with one attached hydrogen (secondary N) is 1. The van der Waals surface area contributed by atoms with Gasteiger partial charge in [-0.15, -0.1) is 0 Å². The Bertz CT molecular complexity index is 466. The summed E-state index contributed by atoms with van der Waals surface area (Å²) in [6, 6.07) is 0.526. The lowest BCUT2D eigenvalue weighted by Crippen LogP contribution is -2.35. The van der Waals surface area contributed by atoms with Crippen LogP contribution in [0.3, 0.4) is 0 Å². The van der Waals surface area contributed by atoms with Gasteiger partial charge in [-0.3, -0.25) is 5.43 Å². The molecule has 1 saturated heterocycles. The number of aromatic nitrogens is 3. The molecular weight excluding hydrogens is 266 g/mol. The molecule has 0 aromatic carbocycles. The molecule has 2 fully saturated rings. The van der Waals surface area contributed by atoms with E-state index < -0.39 is 0 Å². The van der Waals surface area contributed by atoms with Gasteiger partial charge in [0.25, 0.3) is 0 Å². The molecule has 1 saturated carbocycles. The van der Waals surface area contributed by atoms with Crippen molar-refractivity contribution in [3.8, 4) is 0 Å². The first kappa shape index (κ1) is 14.3. The van der Waals surface area contributed by atoms with Crippen molar-refractivity contribution in [2.45, 2.75) is 51.0 Å². The second-order valence-corrected chi connectivity index (χ2v) is 6.00. The number of anilines is 3. The summed E-state index contributed by atoms with van der Waals surface area (Å²) in [6.45, 7) is 2.03. The molecule has 7 nitrogen and oxygen atoms in total. The van der Waals surface area contributed by atoms with Crippen molar-refractivity contribution in [2.75, 3.05) is 35.4 Å². The quantitative estimate of drug-likeness (QED) is 0.643. The van der Waals surface area contributed by atoms with Crippen molar-refractivity contribution in [1.82, 2.24) is 15.0 Å². The number of hydrogen-bond donors (Lipinski definition) is 2. The number of nitrogen functional groups attached to an aromatic ring is 1. The molecular formula is C14H25N7. The highest BCUT2D eigenvalue weighted by Gasteiger charge is 2.23. The molecule has 3 N–H and O–H groups in total. The van der Waals surface area contributed by atoms with Crippen LogP contribution in [0.25, 0.3) is 0 Å².